The van der Waals surface area contributed by atoms with E-state index >= 15 is 0 Å². The SMILES string of the molecule is CC/C=C\C/C=C\C/C=C\C/C=C\C/C=C\CC(=O)OC(COC(=O)CCCC/C=C\C/C=C\C/C=C\C/C=C\CC)COC(=O)CCCCCCCCCCCCC/C=C\CCCCCCCCCC. The van der Waals surface area contributed by atoms with E-state index in [4.69, 9.17) is 14.2 Å². The van der Waals surface area contributed by atoms with E-state index in [2.05, 4.69) is 130 Å². The van der Waals surface area contributed by atoms with Crippen LogP contribution in [0.25, 0.3) is 0 Å². The summed E-state index contributed by atoms with van der Waals surface area (Å²) in [6.45, 7) is 6.29. The minimum Gasteiger partial charge on any atom is -0.462 e. The number of hydrogen-bond donors (Lipinski definition) is 0. The van der Waals surface area contributed by atoms with Gasteiger partial charge in [0.1, 0.15) is 13.2 Å². The summed E-state index contributed by atoms with van der Waals surface area (Å²) in [6.07, 6.45) is 80.9. The van der Waals surface area contributed by atoms with Crippen LogP contribution in [-0.2, 0) is 28.6 Å². The number of carbonyl (C=O) groups is 3. The zero-order valence-corrected chi connectivity index (χ0v) is 45.9. The lowest BCUT2D eigenvalue weighted by atomic mass is 10.0. The van der Waals surface area contributed by atoms with Gasteiger partial charge in [-0.1, -0.05) is 245 Å². The molecule has 0 spiro atoms. The molecule has 71 heavy (non-hydrogen) atoms. The van der Waals surface area contributed by atoms with Crippen molar-refractivity contribution in [3.8, 4) is 0 Å². The van der Waals surface area contributed by atoms with Crippen LogP contribution in [0.5, 0.6) is 0 Å². The maximum absolute atomic E-state index is 12.8. The summed E-state index contributed by atoms with van der Waals surface area (Å²) in [7, 11) is 0. The number of hydrogen-bond acceptors (Lipinski definition) is 6. The van der Waals surface area contributed by atoms with Gasteiger partial charge in [0.2, 0.25) is 0 Å². The van der Waals surface area contributed by atoms with E-state index in [9.17, 15) is 14.4 Å². The highest BCUT2D eigenvalue weighted by atomic mass is 16.6. The molecule has 0 aliphatic rings. The van der Waals surface area contributed by atoms with Crippen molar-refractivity contribution in [3.63, 3.8) is 0 Å². The second kappa shape index (κ2) is 58.4. The number of unbranched alkanes of at least 4 members (excludes halogenated alkanes) is 21. The van der Waals surface area contributed by atoms with Crippen molar-refractivity contribution in [3.05, 3.63) is 122 Å². The average molecular weight is 984 g/mol. The molecule has 1 unspecified atom stereocenters. The second-order valence-corrected chi connectivity index (χ2v) is 18.8. The Kier molecular flexibility index (Phi) is 54.9. The first-order chi connectivity index (χ1) is 35.0. The molecule has 1 atom stereocenters. The Morgan fingerprint density at radius 2 is 0.592 bits per heavy atom. The zero-order valence-electron chi connectivity index (χ0n) is 45.9. The van der Waals surface area contributed by atoms with Crippen LogP contribution < -0.4 is 0 Å². The normalized spacial score (nSPS) is 13.0. The molecule has 0 aromatic rings. The van der Waals surface area contributed by atoms with Gasteiger partial charge in [-0.15, -0.1) is 0 Å². The van der Waals surface area contributed by atoms with Crippen molar-refractivity contribution in [2.45, 2.75) is 258 Å². The lowest BCUT2D eigenvalue weighted by Gasteiger charge is -2.18. The summed E-state index contributed by atoms with van der Waals surface area (Å²) >= 11 is 0. The molecule has 0 aromatic heterocycles. The summed E-state index contributed by atoms with van der Waals surface area (Å²) in [5, 5.41) is 0. The third kappa shape index (κ3) is 56.6. The minimum absolute atomic E-state index is 0.0839. The fraction of sp³-hybridized carbons (Fsp3) is 0.646. The smallest absolute Gasteiger partial charge is 0.310 e. The molecule has 0 heterocycles. The summed E-state index contributed by atoms with van der Waals surface area (Å²) in [6, 6.07) is 0. The standard InChI is InChI=1S/C65H106O6/c1-4-7-10-13-16-19-22-25-28-29-30-31-32-33-34-35-38-40-43-46-49-52-55-58-64(67)70-61-62(71-65(68)59-56-53-50-47-44-41-37-27-24-21-18-15-12-9-6-3)60-69-63(66)57-54-51-48-45-42-39-36-26-23-20-17-14-11-8-5-2/h8-9,11-12,17-18,20-21,26-27,29-30,36-37,42,44-45,47,53,56,62H,4-7,10,13-16,19,22-25,28,31-35,38-41,43,46,48-52,54-55,57-61H2,1-3H3/b11-8-,12-9-,20-17-,21-18-,30-29-,36-26-,37-27-,45-42-,47-44-,56-53-. The van der Waals surface area contributed by atoms with Crippen LogP contribution in [0.1, 0.15) is 252 Å². The first-order valence-electron chi connectivity index (χ1n) is 29.0. The van der Waals surface area contributed by atoms with Crippen LogP contribution in [-0.4, -0.2) is 37.2 Å². The Morgan fingerprint density at radius 3 is 0.972 bits per heavy atom. The average Bonchev–Trinajstić information content (AvgIpc) is 3.37. The molecule has 0 bridgehead atoms. The number of rotatable bonds is 51. The van der Waals surface area contributed by atoms with Crippen LogP contribution in [0, 0.1) is 0 Å². The van der Waals surface area contributed by atoms with E-state index in [0.717, 1.165) is 83.5 Å². The van der Waals surface area contributed by atoms with Gasteiger partial charge < -0.3 is 14.2 Å². The highest BCUT2D eigenvalue weighted by Crippen LogP contribution is 2.15. The molecule has 0 fully saturated rings. The molecule has 6 nitrogen and oxygen atoms in total. The van der Waals surface area contributed by atoms with Gasteiger partial charge in [-0.2, -0.15) is 0 Å². The van der Waals surface area contributed by atoms with Crippen molar-refractivity contribution in [2.75, 3.05) is 13.2 Å². The quantitative estimate of drug-likeness (QED) is 0.0261. The van der Waals surface area contributed by atoms with Crippen molar-refractivity contribution >= 4 is 17.9 Å². The predicted octanol–water partition coefficient (Wildman–Crippen LogP) is 19.6. The van der Waals surface area contributed by atoms with Gasteiger partial charge >= 0.3 is 17.9 Å². The molecule has 0 saturated heterocycles. The molecule has 0 rings (SSSR count). The van der Waals surface area contributed by atoms with E-state index < -0.39 is 12.1 Å². The highest BCUT2D eigenvalue weighted by molar-refractivity contribution is 5.72. The Bertz CT molecular complexity index is 1500. The predicted molar refractivity (Wildman–Crippen MR) is 306 cm³/mol. The fourth-order valence-electron chi connectivity index (χ4n) is 7.68. The van der Waals surface area contributed by atoms with Gasteiger partial charge in [-0.05, 0) is 109 Å². The first kappa shape index (κ1) is 66.8. The summed E-state index contributed by atoms with van der Waals surface area (Å²) < 4.78 is 16.7. The van der Waals surface area contributed by atoms with Crippen molar-refractivity contribution in [1.29, 1.82) is 0 Å². The summed E-state index contributed by atoms with van der Waals surface area (Å²) in [5.41, 5.74) is 0. The lowest BCUT2D eigenvalue weighted by Crippen LogP contribution is -2.30. The molecule has 0 aromatic carbocycles. The minimum atomic E-state index is -0.853. The zero-order chi connectivity index (χ0) is 51.4. The monoisotopic (exact) mass is 983 g/mol. The van der Waals surface area contributed by atoms with Gasteiger partial charge in [-0.25, -0.2) is 0 Å². The third-order valence-electron chi connectivity index (χ3n) is 12.0. The van der Waals surface area contributed by atoms with Gasteiger partial charge in [-0.3, -0.25) is 14.4 Å². The van der Waals surface area contributed by atoms with Crippen LogP contribution in [0.2, 0.25) is 0 Å². The Hall–Kier alpha value is -4.19. The molecule has 0 radical (unpaired) electrons. The molecule has 0 amide bonds. The molecule has 402 valence electrons. The van der Waals surface area contributed by atoms with E-state index in [1.165, 1.54) is 116 Å². The Morgan fingerprint density at radius 1 is 0.310 bits per heavy atom. The molecule has 6 heteroatoms. The lowest BCUT2D eigenvalue weighted by molar-refractivity contribution is -0.166. The van der Waals surface area contributed by atoms with Crippen LogP contribution in [0.4, 0.5) is 0 Å². The third-order valence-corrected chi connectivity index (χ3v) is 12.0. The van der Waals surface area contributed by atoms with Gasteiger partial charge in [0.05, 0.1) is 6.42 Å². The first-order valence-corrected chi connectivity index (χ1v) is 29.0. The van der Waals surface area contributed by atoms with Crippen LogP contribution in [0.3, 0.4) is 0 Å². The van der Waals surface area contributed by atoms with E-state index in [1.807, 2.05) is 6.08 Å². The van der Waals surface area contributed by atoms with Crippen LogP contribution >= 0.6 is 0 Å². The number of allylic oxidation sites excluding steroid dienone is 19. The van der Waals surface area contributed by atoms with Crippen LogP contribution in [0.15, 0.2) is 122 Å². The Balaban J connectivity index is 4.46. The van der Waals surface area contributed by atoms with E-state index in [0.29, 0.717) is 19.3 Å². The Labute approximate surface area is 437 Å². The van der Waals surface area contributed by atoms with E-state index in [1.54, 1.807) is 6.08 Å². The highest BCUT2D eigenvalue weighted by Gasteiger charge is 2.19. The number of carbonyl (C=O) groups excluding carboxylic acids is 3. The van der Waals surface area contributed by atoms with Gasteiger partial charge in [0.25, 0.3) is 0 Å². The molecular weight excluding hydrogens is 877 g/mol. The molecule has 0 saturated carbocycles. The second-order valence-electron chi connectivity index (χ2n) is 18.8. The fourth-order valence-corrected chi connectivity index (χ4v) is 7.68. The largest absolute Gasteiger partial charge is 0.462 e. The molecule has 0 N–H and O–H groups in total. The topological polar surface area (TPSA) is 78.9 Å². The molecule has 0 aliphatic carbocycles. The van der Waals surface area contributed by atoms with Crippen molar-refractivity contribution in [2.24, 2.45) is 0 Å². The summed E-state index contributed by atoms with van der Waals surface area (Å²) in [5.74, 6) is -1.11. The number of ether oxygens (including phenoxy) is 3. The van der Waals surface area contributed by atoms with Crippen molar-refractivity contribution in [1.82, 2.24) is 0 Å². The molecular formula is C65H106O6. The van der Waals surface area contributed by atoms with E-state index in [-0.39, 0.29) is 38.0 Å². The van der Waals surface area contributed by atoms with Gasteiger partial charge in [0.15, 0.2) is 6.10 Å². The number of esters is 3. The van der Waals surface area contributed by atoms with Crippen molar-refractivity contribution < 1.29 is 28.6 Å². The van der Waals surface area contributed by atoms with Gasteiger partial charge in [0, 0.05) is 12.8 Å². The molecule has 0 aliphatic heterocycles. The maximum atomic E-state index is 12.8. The maximum Gasteiger partial charge on any atom is 0.310 e. The summed E-state index contributed by atoms with van der Waals surface area (Å²) in [4.78, 5) is 38.1.